The zero-order chi connectivity index (χ0) is 14.5. The fourth-order valence-corrected chi connectivity index (χ4v) is 2.44. The van der Waals surface area contributed by atoms with Gasteiger partial charge in [0.05, 0.1) is 11.4 Å². The fourth-order valence-electron chi connectivity index (χ4n) is 1.69. The molecule has 20 heavy (non-hydrogen) atoms. The van der Waals surface area contributed by atoms with Gasteiger partial charge in [0, 0.05) is 10.6 Å². The standard InChI is InChI=1S/C15H15FN2OS/c1-10-6-7-14(12(17)8-10)20-9-15(19)18-13-5-3-2-4-11(13)16/h2-8H,9,17H2,1H3,(H,18,19). The van der Waals surface area contributed by atoms with Crippen molar-refractivity contribution in [2.45, 2.75) is 11.8 Å². The van der Waals surface area contributed by atoms with E-state index in [9.17, 15) is 9.18 Å². The Hall–Kier alpha value is -2.01. The van der Waals surface area contributed by atoms with E-state index < -0.39 is 5.82 Å². The topological polar surface area (TPSA) is 55.1 Å². The molecule has 0 radical (unpaired) electrons. The van der Waals surface area contributed by atoms with Crippen LogP contribution in [0.3, 0.4) is 0 Å². The monoisotopic (exact) mass is 290 g/mol. The number of thioether (sulfide) groups is 1. The number of rotatable bonds is 4. The number of nitrogens with one attached hydrogen (secondary N) is 1. The van der Waals surface area contributed by atoms with Gasteiger partial charge in [0.15, 0.2) is 0 Å². The lowest BCUT2D eigenvalue weighted by atomic mass is 10.2. The number of amides is 1. The van der Waals surface area contributed by atoms with Crippen LogP contribution in [0, 0.1) is 12.7 Å². The SMILES string of the molecule is Cc1ccc(SCC(=O)Nc2ccccc2F)c(N)c1. The predicted molar refractivity (Wildman–Crippen MR) is 81.3 cm³/mol. The number of carbonyl (C=O) groups excluding carboxylic acids is 1. The molecule has 0 spiro atoms. The highest BCUT2D eigenvalue weighted by Crippen LogP contribution is 2.26. The van der Waals surface area contributed by atoms with E-state index in [1.54, 1.807) is 12.1 Å². The summed E-state index contributed by atoms with van der Waals surface area (Å²) >= 11 is 1.33. The summed E-state index contributed by atoms with van der Waals surface area (Å²) in [6.07, 6.45) is 0. The van der Waals surface area contributed by atoms with E-state index in [4.69, 9.17) is 5.73 Å². The number of halogens is 1. The molecule has 0 aromatic heterocycles. The number of anilines is 2. The summed E-state index contributed by atoms with van der Waals surface area (Å²) in [5.41, 5.74) is 7.78. The van der Waals surface area contributed by atoms with Crippen LogP contribution in [0.5, 0.6) is 0 Å². The zero-order valence-electron chi connectivity index (χ0n) is 11.0. The van der Waals surface area contributed by atoms with Crippen molar-refractivity contribution in [2.24, 2.45) is 0 Å². The van der Waals surface area contributed by atoms with E-state index >= 15 is 0 Å². The van der Waals surface area contributed by atoms with Crippen LogP contribution in [0.2, 0.25) is 0 Å². The third-order valence-electron chi connectivity index (χ3n) is 2.67. The Morgan fingerprint density at radius 3 is 2.75 bits per heavy atom. The van der Waals surface area contributed by atoms with Gasteiger partial charge in [-0.2, -0.15) is 0 Å². The van der Waals surface area contributed by atoms with Crippen molar-refractivity contribution in [3.63, 3.8) is 0 Å². The van der Waals surface area contributed by atoms with Crippen LogP contribution in [0.25, 0.3) is 0 Å². The average molecular weight is 290 g/mol. The molecule has 0 aliphatic heterocycles. The van der Waals surface area contributed by atoms with Gasteiger partial charge in [0.1, 0.15) is 5.82 Å². The molecule has 0 atom stereocenters. The van der Waals surface area contributed by atoms with E-state index in [-0.39, 0.29) is 17.3 Å². The molecule has 0 aliphatic carbocycles. The molecule has 5 heteroatoms. The van der Waals surface area contributed by atoms with Gasteiger partial charge in [0.2, 0.25) is 5.91 Å². The minimum absolute atomic E-state index is 0.182. The first-order chi connectivity index (χ1) is 9.56. The Kier molecular flexibility index (Phi) is 4.63. The second-order valence-corrected chi connectivity index (χ2v) is 5.38. The predicted octanol–water partition coefficient (Wildman–Crippen LogP) is 3.45. The van der Waals surface area contributed by atoms with Gasteiger partial charge in [-0.3, -0.25) is 4.79 Å². The first kappa shape index (κ1) is 14.4. The molecule has 2 rings (SSSR count). The molecule has 0 heterocycles. The smallest absolute Gasteiger partial charge is 0.234 e. The van der Waals surface area contributed by atoms with E-state index in [0.29, 0.717) is 5.69 Å². The number of carbonyl (C=O) groups is 1. The molecule has 1 amide bonds. The first-order valence-electron chi connectivity index (χ1n) is 6.09. The van der Waals surface area contributed by atoms with Gasteiger partial charge >= 0.3 is 0 Å². The molecule has 0 unspecified atom stereocenters. The van der Waals surface area contributed by atoms with Gasteiger partial charge < -0.3 is 11.1 Å². The van der Waals surface area contributed by atoms with Crippen LogP contribution in [-0.2, 0) is 4.79 Å². The maximum atomic E-state index is 13.4. The van der Waals surface area contributed by atoms with Crippen molar-refractivity contribution in [1.82, 2.24) is 0 Å². The van der Waals surface area contributed by atoms with E-state index in [1.807, 2.05) is 25.1 Å². The second kappa shape index (κ2) is 6.43. The zero-order valence-corrected chi connectivity index (χ0v) is 11.8. The highest BCUT2D eigenvalue weighted by atomic mass is 32.2. The van der Waals surface area contributed by atoms with Crippen molar-refractivity contribution >= 4 is 29.0 Å². The molecule has 0 fully saturated rings. The van der Waals surface area contributed by atoms with Crippen molar-refractivity contribution in [2.75, 3.05) is 16.8 Å². The van der Waals surface area contributed by atoms with Gasteiger partial charge in [-0.15, -0.1) is 11.8 Å². The molecule has 104 valence electrons. The van der Waals surface area contributed by atoms with Crippen LogP contribution in [0.15, 0.2) is 47.4 Å². The Labute approximate surface area is 121 Å². The van der Waals surface area contributed by atoms with Gasteiger partial charge in [-0.1, -0.05) is 18.2 Å². The summed E-state index contributed by atoms with van der Waals surface area (Å²) in [7, 11) is 0. The number of nitrogen functional groups attached to an aromatic ring is 1. The lowest BCUT2D eigenvalue weighted by Gasteiger charge is -2.08. The summed E-state index contributed by atoms with van der Waals surface area (Å²) in [6, 6.07) is 11.8. The summed E-state index contributed by atoms with van der Waals surface area (Å²) in [6.45, 7) is 1.95. The number of nitrogens with two attached hydrogens (primary N) is 1. The van der Waals surface area contributed by atoms with Gasteiger partial charge in [-0.05, 0) is 36.8 Å². The Balaban J connectivity index is 1.94. The van der Waals surface area contributed by atoms with Crippen LogP contribution in [0.1, 0.15) is 5.56 Å². The summed E-state index contributed by atoms with van der Waals surface area (Å²) in [5.74, 6) is -0.525. The summed E-state index contributed by atoms with van der Waals surface area (Å²) in [5, 5.41) is 2.54. The van der Waals surface area contributed by atoms with Gasteiger partial charge in [0.25, 0.3) is 0 Å². The minimum atomic E-state index is -0.444. The normalized spacial score (nSPS) is 10.3. The third-order valence-corrected chi connectivity index (χ3v) is 3.76. The molecule has 3 N–H and O–H groups in total. The summed E-state index contributed by atoms with van der Waals surface area (Å²) in [4.78, 5) is 12.6. The molecule has 0 saturated carbocycles. The van der Waals surface area contributed by atoms with E-state index in [0.717, 1.165) is 10.5 Å². The number of para-hydroxylation sites is 1. The van der Waals surface area contributed by atoms with Crippen LogP contribution < -0.4 is 11.1 Å². The van der Waals surface area contributed by atoms with Crippen LogP contribution in [0.4, 0.5) is 15.8 Å². The Bertz CT molecular complexity index is 631. The quantitative estimate of drug-likeness (QED) is 0.670. The Morgan fingerprint density at radius 2 is 2.05 bits per heavy atom. The molecule has 0 bridgehead atoms. The van der Waals surface area contributed by atoms with Crippen LogP contribution >= 0.6 is 11.8 Å². The molecule has 2 aromatic rings. The van der Waals surface area contributed by atoms with Crippen molar-refractivity contribution in [1.29, 1.82) is 0 Å². The molecular weight excluding hydrogens is 275 g/mol. The maximum Gasteiger partial charge on any atom is 0.234 e. The first-order valence-corrected chi connectivity index (χ1v) is 7.08. The number of benzene rings is 2. The van der Waals surface area contributed by atoms with Crippen molar-refractivity contribution < 1.29 is 9.18 Å². The van der Waals surface area contributed by atoms with E-state index in [1.165, 1.54) is 23.9 Å². The molecule has 3 nitrogen and oxygen atoms in total. The largest absolute Gasteiger partial charge is 0.398 e. The fraction of sp³-hybridized carbons (Fsp3) is 0.133. The molecular formula is C15H15FN2OS. The lowest BCUT2D eigenvalue weighted by Crippen LogP contribution is -2.15. The highest BCUT2D eigenvalue weighted by Gasteiger charge is 2.08. The maximum absolute atomic E-state index is 13.4. The third kappa shape index (κ3) is 3.74. The highest BCUT2D eigenvalue weighted by molar-refractivity contribution is 8.00. The average Bonchev–Trinajstić information content (AvgIpc) is 2.40. The molecule has 0 saturated heterocycles. The molecule has 0 aliphatic rings. The minimum Gasteiger partial charge on any atom is -0.398 e. The van der Waals surface area contributed by atoms with E-state index in [2.05, 4.69) is 5.32 Å². The van der Waals surface area contributed by atoms with Crippen molar-refractivity contribution in [3.8, 4) is 0 Å². The molecule has 2 aromatic carbocycles. The lowest BCUT2D eigenvalue weighted by molar-refractivity contribution is -0.113. The number of hydrogen-bond acceptors (Lipinski definition) is 3. The number of aryl methyl sites for hydroxylation is 1. The summed E-state index contributed by atoms with van der Waals surface area (Å²) < 4.78 is 13.4. The van der Waals surface area contributed by atoms with Crippen LogP contribution in [-0.4, -0.2) is 11.7 Å². The Morgan fingerprint density at radius 1 is 1.30 bits per heavy atom. The van der Waals surface area contributed by atoms with Gasteiger partial charge in [-0.25, -0.2) is 4.39 Å². The second-order valence-electron chi connectivity index (χ2n) is 4.36. The number of hydrogen-bond donors (Lipinski definition) is 2. The van der Waals surface area contributed by atoms with Crippen molar-refractivity contribution in [3.05, 3.63) is 53.8 Å².